The van der Waals surface area contributed by atoms with E-state index in [1.54, 1.807) is 16.7 Å². The Balaban J connectivity index is 2.08. The lowest BCUT2D eigenvalue weighted by atomic mass is 10.1. The molecule has 1 heterocycles. The number of likely N-dealkylation sites (N-methyl/N-ethyl adjacent to an activating group) is 1. The molecule has 0 bridgehead atoms. The van der Waals surface area contributed by atoms with Gasteiger partial charge in [-0.25, -0.2) is 0 Å². The van der Waals surface area contributed by atoms with E-state index in [2.05, 4.69) is 11.0 Å². The average molecular weight is 257 g/mol. The molecule has 4 nitrogen and oxygen atoms in total. The van der Waals surface area contributed by atoms with Crippen molar-refractivity contribution >= 4 is 5.69 Å². The van der Waals surface area contributed by atoms with E-state index in [1.807, 2.05) is 37.5 Å². The Bertz CT molecular complexity index is 592. The number of aromatic nitrogens is 1. The number of hydrogen-bond donors (Lipinski definition) is 1. The van der Waals surface area contributed by atoms with E-state index in [9.17, 15) is 4.79 Å². The summed E-state index contributed by atoms with van der Waals surface area (Å²) in [6, 6.07) is 13.3. The van der Waals surface area contributed by atoms with E-state index in [1.165, 1.54) is 0 Å². The Morgan fingerprint density at radius 3 is 2.63 bits per heavy atom. The van der Waals surface area contributed by atoms with Gasteiger partial charge in [0.25, 0.3) is 5.56 Å². The van der Waals surface area contributed by atoms with E-state index >= 15 is 0 Å². The van der Waals surface area contributed by atoms with Crippen molar-refractivity contribution < 1.29 is 0 Å². The molecule has 0 atom stereocenters. The molecule has 100 valence electrons. The zero-order valence-electron chi connectivity index (χ0n) is 11.1. The molecule has 0 spiro atoms. The quantitative estimate of drug-likeness (QED) is 0.882. The number of anilines is 1. The highest BCUT2D eigenvalue weighted by Gasteiger charge is 2.05. The molecule has 19 heavy (non-hydrogen) atoms. The normalized spacial score (nSPS) is 10.4. The molecule has 0 fully saturated rings. The molecule has 2 rings (SSSR count). The molecule has 0 aliphatic rings. The van der Waals surface area contributed by atoms with Crippen LogP contribution in [0.1, 0.15) is 5.56 Å². The highest BCUT2D eigenvalue weighted by molar-refractivity contribution is 5.52. The molecule has 0 saturated carbocycles. The van der Waals surface area contributed by atoms with Gasteiger partial charge in [-0.3, -0.25) is 4.79 Å². The molecular weight excluding hydrogens is 238 g/mol. The second kappa shape index (κ2) is 6.20. The zero-order chi connectivity index (χ0) is 13.7. The summed E-state index contributed by atoms with van der Waals surface area (Å²) in [5.41, 5.74) is 8.00. The maximum atomic E-state index is 11.6. The molecule has 1 aromatic carbocycles. The van der Waals surface area contributed by atoms with Crippen molar-refractivity contribution in [1.82, 2.24) is 4.57 Å². The van der Waals surface area contributed by atoms with Gasteiger partial charge in [0.05, 0.1) is 0 Å². The summed E-state index contributed by atoms with van der Waals surface area (Å²) in [4.78, 5) is 13.7. The number of hydrogen-bond acceptors (Lipinski definition) is 3. The zero-order valence-corrected chi connectivity index (χ0v) is 11.1. The average Bonchev–Trinajstić information content (AvgIpc) is 2.46. The monoisotopic (exact) mass is 257 g/mol. The van der Waals surface area contributed by atoms with Gasteiger partial charge in [-0.15, -0.1) is 0 Å². The van der Waals surface area contributed by atoms with E-state index in [4.69, 9.17) is 5.73 Å². The number of benzene rings is 1. The molecule has 2 aromatic rings. The van der Waals surface area contributed by atoms with Crippen LogP contribution in [-0.2, 0) is 13.1 Å². The van der Waals surface area contributed by atoms with Crippen LogP contribution in [0.15, 0.2) is 53.5 Å². The Kier molecular flexibility index (Phi) is 4.36. The lowest BCUT2D eigenvalue weighted by molar-refractivity contribution is 0.660. The molecular formula is C15H19N3O. The fourth-order valence-corrected chi connectivity index (χ4v) is 2.08. The van der Waals surface area contributed by atoms with E-state index in [0.29, 0.717) is 13.1 Å². The first kappa shape index (κ1) is 13.4. The van der Waals surface area contributed by atoms with Crippen LogP contribution in [-0.4, -0.2) is 18.2 Å². The highest BCUT2D eigenvalue weighted by atomic mass is 16.1. The highest BCUT2D eigenvalue weighted by Crippen LogP contribution is 2.18. The molecule has 0 aliphatic carbocycles. The summed E-state index contributed by atoms with van der Waals surface area (Å²) in [6.07, 6.45) is 1.81. The van der Waals surface area contributed by atoms with Crippen LogP contribution in [0.25, 0.3) is 0 Å². The molecule has 0 unspecified atom stereocenters. The van der Waals surface area contributed by atoms with Crippen LogP contribution in [0.2, 0.25) is 0 Å². The minimum absolute atomic E-state index is 0.0306. The van der Waals surface area contributed by atoms with Gasteiger partial charge in [-0.2, -0.15) is 0 Å². The topological polar surface area (TPSA) is 51.3 Å². The molecule has 0 saturated heterocycles. The standard InChI is InChI=1S/C15H19N3O/c1-17(14-7-3-2-6-13(14)12-16)10-11-18-9-5-4-8-15(18)19/h2-9H,10-12,16H2,1H3. The van der Waals surface area contributed by atoms with Crippen molar-refractivity contribution in [1.29, 1.82) is 0 Å². The van der Waals surface area contributed by atoms with Crippen LogP contribution in [0.5, 0.6) is 0 Å². The minimum Gasteiger partial charge on any atom is -0.373 e. The second-order valence-electron chi connectivity index (χ2n) is 4.49. The van der Waals surface area contributed by atoms with Gasteiger partial charge < -0.3 is 15.2 Å². The number of pyridine rings is 1. The van der Waals surface area contributed by atoms with E-state index < -0.39 is 0 Å². The summed E-state index contributed by atoms with van der Waals surface area (Å²) in [5, 5.41) is 0. The Morgan fingerprint density at radius 1 is 1.16 bits per heavy atom. The van der Waals surface area contributed by atoms with Crippen LogP contribution < -0.4 is 16.2 Å². The summed E-state index contributed by atoms with van der Waals surface area (Å²) in [5.74, 6) is 0. The summed E-state index contributed by atoms with van der Waals surface area (Å²) >= 11 is 0. The number of nitrogens with zero attached hydrogens (tertiary/aromatic N) is 2. The summed E-state index contributed by atoms with van der Waals surface area (Å²) in [6.45, 7) is 1.95. The number of nitrogens with two attached hydrogens (primary N) is 1. The van der Waals surface area contributed by atoms with Crippen molar-refractivity contribution in [2.24, 2.45) is 5.73 Å². The number of rotatable bonds is 5. The van der Waals surface area contributed by atoms with Crippen molar-refractivity contribution in [3.63, 3.8) is 0 Å². The first-order chi connectivity index (χ1) is 9.22. The lowest BCUT2D eigenvalue weighted by Gasteiger charge is -2.22. The maximum Gasteiger partial charge on any atom is 0.250 e. The molecule has 0 radical (unpaired) electrons. The summed E-state index contributed by atoms with van der Waals surface area (Å²) in [7, 11) is 2.02. The smallest absolute Gasteiger partial charge is 0.250 e. The third kappa shape index (κ3) is 3.23. The van der Waals surface area contributed by atoms with E-state index in [0.717, 1.165) is 17.8 Å². The van der Waals surface area contributed by atoms with Crippen LogP contribution >= 0.6 is 0 Å². The fourth-order valence-electron chi connectivity index (χ4n) is 2.08. The molecule has 0 aliphatic heterocycles. The van der Waals surface area contributed by atoms with Gasteiger partial charge >= 0.3 is 0 Å². The predicted octanol–water partition coefficient (Wildman–Crippen LogP) is 1.44. The first-order valence-electron chi connectivity index (χ1n) is 6.37. The predicted molar refractivity (Wildman–Crippen MR) is 78.3 cm³/mol. The van der Waals surface area contributed by atoms with Gasteiger partial charge in [0.15, 0.2) is 0 Å². The van der Waals surface area contributed by atoms with Crippen molar-refractivity contribution in [2.45, 2.75) is 13.1 Å². The third-order valence-corrected chi connectivity index (χ3v) is 3.20. The van der Waals surface area contributed by atoms with Crippen molar-refractivity contribution in [3.8, 4) is 0 Å². The Labute approximate surface area is 113 Å². The van der Waals surface area contributed by atoms with Crippen LogP contribution in [0.4, 0.5) is 5.69 Å². The van der Waals surface area contributed by atoms with Crippen molar-refractivity contribution in [3.05, 3.63) is 64.6 Å². The Hall–Kier alpha value is -2.07. The van der Waals surface area contributed by atoms with Gasteiger partial charge in [0.1, 0.15) is 0 Å². The van der Waals surface area contributed by atoms with Gasteiger partial charge in [0.2, 0.25) is 0 Å². The third-order valence-electron chi connectivity index (χ3n) is 3.20. The van der Waals surface area contributed by atoms with Gasteiger partial charge in [0, 0.05) is 44.6 Å². The van der Waals surface area contributed by atoms with E-state index in [-0.39, 0.29) is 5.56 Å². The fraction of sp³-hybridized carbons (Fsp3) is 0.267. The molecule has 1 aromatic heterocycles. The van der Waals surface area contributed by atoms with Crippen molar-refractivity contribution in [2.75, 3.05) is 18.5 Å². The Morgan fingerprint density at radius 2 is 1.89 bits per heavy atom. The van der Waals surface area contributed by atoms with Gasteiger partial charge in [-0.1, -0.05) is 24.3 Å². The van der Waals surface area contributed by atoms with Crippen LogP contribution in [0, 0.1) is 0 Å². The number of para-hydroxylation sites is 1. The minimum atomic E-state index is 0.0306. The largest absolute Gasteiger partial charge is 0.373 e. The summed E-state index contributed by atoms with van der Waals surface area (Å²) < 4.78 is 1.71. The molecule has 4 heteroatoms. The van der Waals surface area contributed by atoms with Crippen LogP contribution in [0.3, 0.4) is 0 Å². The second-order valence-corrected chi connectivity index (χ2v) is 4.49. The molecule has 2 N–H and O–H groups in total. The SMILES string of the molecule is CN(CCn1ccccc1=O)c1ccccc1CN. The van der Waals surface area contributed by atoms with Gasteiger partial charge in [-0.05, 0) is 17.7 Å². The molecule has 0 amide bonds. The lowest BCUT2D eigenvalue weighted by Crippen LogP contribution is -2.28. The first-order valence-corrected chi connectivity index (χ1v) is 6.37. The maximum absolute atomic E-state index is 11.6.